The minimum Gasteiger partial charge on any atom is -0.494 e. The van der Waals surface area contributed by atoms with Crippen molar-refractivity contribution in [2.24, 2.45) is 0 Å². The summed E-state index contributed by atoms with van der Waals surface area (Å²) in [6.45, 7) is 2.33. The van der Waals surface area contributed by atoms with Gasteiger partial charge in [-0.2, -0.15) is 0 Å². The van der Waals surface area contributed by atoms with Crippen LogP contribution < -0.4 is 10.1 Å². The van der Waals surface area contributed by atoms with Gasteiger partial charge in [-0.25, -0.2) is 0 Å². The quantitative estimate of drug-likeness (QED) is 0.878. The second-order valence-corrected chi connectivity index (χ2v) is 6.65. The van der Waals surface area contributed by atoms with Crippen molar-refractivity contribution in [2.45, 2.75) is 38.7 Å². The van der Waals surface area contributed by atoms with Crippen LogP contribution in [-0.2, 0) is 17.8 Å². The summed E-state index contributed by atoms with van der Waals surface area (Å²) in [4.78, 5) is 14.0. The summed E-state index contributed by atoms with van der Waals surface area (Å²) in [5.41, 5.74) is 2.56. The van der Waals surface area contributed by atoms with E-state index in [0.29, 0.717) is 23.6 Å². The summed E-state index contributed by atoms with van der Waals surface area (Å²) >= 11 is 1.74. The molecule has 1 unspecified atom stereocenters. The second kappa shape index (κ2) is 7.15. The maximum Gasteiger partial charge on any atom is 0.231 e. The number of fused-ring (bicyclic) bond motifs is 1. The fourth-order valence-electron chi connectivity index (χ4n) is 3.07. The molecule has 122 valence electrons. The SMILES string of the molecule is CCOc1ccc(NC(=O)C2CCCc3sccc32)cc1CO. The number of aliphatic hydroxyl groups excluding tert-OH is 1. The Morgan fingerprint density at radius 2 is 2.30 bits per heavy atom. The summed E-state index contributed by atoms with van der Waals surface area (Å²) in [6.07, 6.45) is 3.02. The van der Waals surface area contributed by atoms with Crippen LogP contribution >= 0.6 is 11.3 Å². The molecule has 1 atom stereocenters. The van der Waals surface area contributed by atoms with Crippen LogP contribution in [0, 0.1) is 0 Å². The van der Waals surface area contributed by atoms with Crippen LogP contribution in [0.25, 0.3) is 0 Å². The number of hydrogen-bond donors (Lipinski definition) is 2. The number of benzene rings is 1. The zero-order valence-electron chi connectivity index (χ0n) is 13.2. The average molecular weight is 331 g/mol. The number of carbonyl (C=O) groups is 1. The van der Waals surface area contributed by atoms with Gasteiger partial charge in [0.15, 0.2) is 0 Å². The number of rotatable bonds is 5. The van der Waals surface area contributed by atoms with Gasteiger partial charge in [0.1, 0.15) is 5.75 Å². The summed E-state index contributed by atoms with van der Waals surface area (Å²) in [5, 5.41) is 14.5. The number of thiophene rings is 1. The first-order valence-electron chi connectivity index (χ1n) is 7.96. The molecule has 1 heterocycles. The predicted octanol–water partition coefficient (Wildman–Crippen LogP) is 3.70. The van der Waals surface area contributed by atoms with Gasteiger partial charge < -0.3 is 15.2 Å². The summed E-state index contributed by atoms with van der Waals surface area (Å²) in [6, 6.07) is 7.46. The number of amides is 1. The third kappa shape index (κ3) is 3.41. The monoisotopic (exact) mass is 331 g/mol. The number of nitrogens with one attached hydrogen (secondary N) is 1. The molecule has 0 aliphatic heterocycles. The fourth-order valence-corrected chi connectivity index (χ4v) is 4.05. The van der Waals surface area contributed by atoms with Crippen molar-refractivity contribution in [3.63, 3.8) is 0 Å². The number of anilines is 1. The molecule has 0 bridgehead atoms. The lowest BCUT2D eigenvalue weighted by atomic mass is 9.87. The van der Waals surface area contributed by atoms with Gasteiger partial charge in [0, 0.05) is 16.1 Å². The first kappa shape index (κ1) is 16.0. The van der Waals surface area contributed by atoms with Gasteiger partial charge in [-0.05, 0) is 61.4 Å². The van der Waals surface area contributed by atoms with Gasteiger partial charge in [-0.15, -0.1) is 11.3 Å². The molecule has 0 saturated carbocycles. The molecule has 3 rings (SSSR count). The smallest absolute Gasteiger partial charge is 0.231 e. The van der Waals surface area contributed by atoms with E-state index in [1.807, 2.05) is 13.0 Å². The van der Waals surface area contributed by atoms with Gasteiger partial charge in [-0.3, -0.25) is 4.79 Å². The average Bonchev–Trinajstić information content (AvgIpc) is 3.04. The normalized spacial score (nSPS) is 16.7. The Morgan fingerprint density at radius 3 is 3.09 bits per heavy atom. The Bertz CT molecular complexity index is 695. The molecule has 0 radical (unpaired) electrons. The predicted molar refractivity (Wildman–Crippen MR) is 92.2 cm³/mol. The number of ether oxygens (including phenoxy) is 1. The van der Waals surface area contributed by atoms with Crippen LogP contribution in [-0.4, -0.2) is 17.6 Å². The Kier molecular flexibility index (Phi) is 4.98. The first-order chi connectivity index (χ1) is 11.2. The fraction of sp³-hybridized carbons (Fsp3) is 0.389. The van der Waals surface area contributed by atoms with Gasteiger partial charge in [-0.1, -0.05) is 0 Å². The molecular weight excluding hydrogens is 310 g/mol. The van der Waals surface area contributed by atoms with E-state index in [9.17, 15) is 9.90 Å². The zero-order chi connectivity index (χ0) is 16.2. The van der Waals surface area contributed by atoms with E-state index in [2.05, 4.69) is 16.8 Å². The Balaban J connectivity index is 1.76. The first-order valence-corrected chi connectivity index (χ1v) is 8.84. The van der Waals surface area contributed by atoms with Crippen LogP contribution in [0.15, 0.2) is 29.6 Å². The number of hydrogen-bond acceptors (Lipinski definition) is 4. The maximum atomic E-state index is 12.6. The Hall–Kier alpha value is -1.85. The molecule has 1 aromatic carbocycles. The van der Waals surface area contributed by atoms with Crippen LogP contribution in [0.5, 0.6) is 5.75 Å². The molecule has 23 heavy (non-hydrogen) atoms. The van der Waals surface area contributed by atoms with Crippen LogP contribution in [0.2, 0.25) is 0 Å². The van der Waals surface area contributed by atoms with Crippen molar-refractivity contribution in [1.82, 2.24) is 0 Å². The van der Waals surface area contributed by atoms with Gasteiger partial charge in [0.2, 0.25) is 5.91 Å². The molecule has 0 saturated heterocycles. The van der Waals surface area contributed by atoms with Crippen molar-refractivity contribution >= 4 is 22.9 Å². The molecule has 5 heteroatoms. The van der Waals surface area contributed by atoms with Gasteiger partial charge in [0.05, 0.1) is 19.1 Å². The largest absolute Gasteiger partial charge is 0.494 e. The minimum atomic E-state index is -0.114. The molecule has 1 aliphatic carbocycles. The van der Waals surface area contributed by atoms with E-state index < -0.39 is 0 Å². The minimum absolute atomic E-state index is 0.0254. The van der Waals surface area contributed by atoms with Crippen molar-refractivity contribution in [1.29, 1.82) is 0 Å². The second-order valence-electron chi connectivity index (χ2n) is 5.65. The molecule has 1 amide bonds. The highest BCUT2D eigenvalue weighted by Gasteiger charge is 2.27. The van der Waals surface area contributed by atoms with Crippen molar-refractivity contribution < 1.29 is 14.6 Å². The molecular formula is C18H21NO3S. The lowest BCUT2D eigenvalue weighted by Crippen LogP contribution is -2.23. The van der Waals surface area contributed by atoms with Crippen LogP contribution in [0.3, 0.4) is 0 Å². The Morgan fingerprint density at radius 1 is 1.43 bits per heavy atom. The third-order valence-electron chi connectivity index (χ3n) is 4.17. The van der Waals surface area contributed by atoms with Gasteiger partial charge in [0.25, 0.3) is 0 Å². The number of aliphatic hydroxyl groups is 1. The van der Waals surface area contributed by atoms with Crippen molar-refractivity contribution in [3.05, 3.63) is 45.6 Å². The molecule has 1 aliphatic rings. The van der Waals surface area contributed by atoms with E-state index in [0.717, 1.165) is 19.3 Å². The summed E-state index contributed by atoms with van der Waals surface area (Å²) in [5.74, 6) is 0.609. The highest BCUT2D eigenvalue weighted by molar-refractivity contribution is 7.10. The maximum absolute atomic E-state index is 12.6. The zero-order valence-corrected chi connectivity index (χ0v) is 14.0. The van der Waals surface area contributed by atoms with E-state index in [-0.39, 0.29) is 18.4 Å². The molecule has 1 aromatic heterocycles. The van der Waals surface area contributed by atoms with Crippen molar-refractivity contribution in [3.8, 4) is 5.75 Å². The highest BCUT2D eigenvalue weighted by Crippen LogP contribution is 2.35. The molecule has 2 aromatic rings. The summed E-state index contributed by atoms with van der Waals surface area (Å²) < 4.78 is 5.47. The van der Waals surface area contributed by atoms with E-state index in [4.69, 9.17) is 4.74 Å². The Labute approximate surface area is 140 Å². The molecule has 0 spiro atoms. The van der Waals surface area contributed by atoms with E-state index in [1.54, 1.807) is 23.5 Å². The standard InChI is InChI=1S/C18H21NO3S/c1-2-22-16-7-6-13(10-12(16)11-20)19-18(21)15-4-3-5-17-14(15)8-9-23-17/h6-10,15,20H,2-5,11H2,1H3,(H,19,21). The third-order valence-corrected chi connectivity index (χ3v) is 5.16. The molecule has 0 fully saturated rings. The van der Waals surface area contributed by atoms with E-state index in [1.165, 1.54) is 10.4 Å². The number of carbonyl (C=O) groups excluding carboxylic acids is 1. The molecule has 4 nitrogen and oxygen atoms in total. The lowest BCUT2D eigenvalue weighted by Gasteiger charge is -2.22. The van der Waals surface area contributed by atoms with Crippen LogP contribution in [0.1, 0.15) is 41.7 Å². The summed E-state index contributed by atoms with van der Waals surface area (Å²) in [7, 11) is 0. The topological polar surface area (TPSA) is 58.6 Å². The highest BCUT2D eigenvalue weighted by atomic mass is 32.1. The lowest BCUT2D eigenvalue weighted by molar-refractivity contribution is -0.117. The number of aryl methyl sites for hydroxylation is 1. The van der Waals surface area contributed by atoms with Gasteiger partial charge >= 0.3 is 0 Å². The molecule has 2 N–H and O–H groups in total. The van der Waals surface area contributed by atoms with Crippen molar-refractivity contribution in [2.75, 3.05) is 11.9 Å². The van der Waals surface area contributed by atoms with E-state index >= 15 is 0 Å². The van der Waals surface area contributed by atoms with Crippen LogP contribution in [0.4, 0.5) is 5.69 Å².